The molecule has 4 nitrogen and oxygen atoms in total. The van der Waals surface area contributed by atoms with Crippen LogP contribution in [0.1, 0.15) is 51.0 Å². The molecule has 4 heteroatoms. The molecule has 1 fully saturated rings. The van der Waals surface area contributed by atoms with Crippen molar-refractivity contribution in [3.05, 3.63) is 35.9 Å². The van der Waals surface area contributed by atoms with E-state index in [-0.39, 0.29) is 18.3 Å². The van der Waals surface area contributed by atoms with Gasteiger partial charge in [-0.15, -0.1) is 0 Å². The fourth-order valence-electron chi connectivity index (χ4n) is 3.15. The molecule has 0 saturated heterocycles. The van der Waals surface area contributed by atoms with Crippen molar-refractivity contribution in [2.75, 3.05) is 13.2 Å². The van der Waals surface area contributed by atoms with Gasteiger partial charge < -0.3 is 9.64 Å². The maximum absolute atomic E-state index is 12.6. The molecule has 2 rings (SSSR count). The predicted octanol–water partition coefficient (Wildman–Crippen LogP) is 3.55. The minimum Gasteiger partial charge on any atom is -0.466 e. The van der Waals surface area contributed by atoms with Crippen LogP contribution in [0.5, 0.6) is 0 Å². The Hall–Kier alpha value is -1.84. The number of nitrogens with zero attached hydrogens (tertiary/aromatic N) is 1. The summed E-state index contributed by atoms with van der Waals surface area (Å²) in [6, 6.07) is 9.94. The SMILES string of the molecule is CCOC(=O)CCN(Cc1ccccc1)C(=O)CC1CCCC1. The second-order valence-electron chi connectivity index (χ2n) is 6.21. The fraction of sp³-hybridized carbons (Fsp3) is 0.579. The van der Waals surface area contributed by atoms with Gasteiger partial charge in [-0.05, 0) is 31.2 Å². The van der Waals surface area contributed by atoms with E-state index in [4.69, 9.17) is 4.74 Å². The number of ether oxygens (including phenoxy) is 1. The van der Waals surface area contributed by atoms with Crippen molar-refractivity contribution in [3.8, 4) is 0 Å². The van der Waals surface area contributed by atoms with Crippen molar-refractivity contribution < 1.29 is 14.3 Å². The summed E-state index contributed by atoms with van der Waals surface area (Å²) >= 11 is 0. The molecule has 1 aromatic rings. The summed E-state index contributed by atoms with van der Waals surface area (Å²) in [6.45, 7) is 3.17. The highest BCUT2D eigenvalue weighted by atomic mass is 16.5. The molecule has 0 unspecified atom stereocenters. The Morgan fingerprint density at radius 2 is 1.87 bits per heavy atom. The number of esters is 1. The van der Waals surface area contributed by atoms with Gasteiger partial charge in [0, 0.05) is 19.5 Å². The lowest BCUT2D eigenvalue weighted by Crippen LogP contribution is -2.33. The van der Waals surface area contributed by atoms with Gasteiger partial charge in [-0.2, -0.15) is 0 Å². The molecule has 0 atom stereocenters. The van der Waals surface area contributed by atoms with Gasteiger partial charge in [0.15, 0.2) is 0 Å². The molecule has 1 aliphatic rings. The Kier molecular flexibility index (Phi) is 7.11. The Morgan fingerprint density at radius 3 is 2.52 bits per heavy atom. The molecule has 0 heterocycles. The molecule has 1 aliphatic carbocycles. The first-order chi connectivity index (χ1) is 11.2. The van der Waals surface area contributed by atoms with E-state index < -0.39 is 0 Å². The smallest absolute Gasteiger partial charge is 0.307 e. The van der Waals surface area contributed by atoms with Crippen molar-refractivity contribution in [3.63, 3.8) is 0 Å². The lowest BCUT2D eigenvalue weighted by molar-refractivity contribution is -0.144. The Labute approximate surface area is 138 Å². The number of carbonyl (C=O) groups excluding carboxylic acids is 2. The van der Waals surface area contributed by atoms with E-state index in [1.807, 2.05) is 35.2 Å². The zero-order chi connectivity index (χ0) is 16.5. The summed E-state index contributed by atoms with van der Waals surface area (Å²) in [5.74, 6) is 0.438. The highest BCUT2D eigenvalue weighted by Crippen LogP contribution is 2.28. The van der Waals surface area contributed by atoms with Gasteiger partial charge in [-0.3, -0.25) is 9.59 Å². The maximum Gasteiger partial charge on any atom is 0.307 e. The van der Waals surface area contributed by atoms with Crippen LogP contribution >= 0.6 is 0 Å². The second-order valence-corrected chi connectivity index (χ2v) is 6.21. The Balaban J connectivity index is 1.94. The summed E-state index contributed by atoms with van der Waals surface area (Å²) in [6.07, 6.45) is 5.65. The second kappa shape index (κ2) is 9.33. The van der Waals surface area contributed by atoms with Crippen LogP contribution in [-0.2, 0) is 20.9 Å². The van der Waals surface area contributed by atoms with E-state index >= 15 is 0 Å². The molecule has 0 aromatic heterocycles. The van der Waals surface area contributed by atoms with Crippen LogP contribution < -0.4 is 0 Å². The zero-order valence-electron chi connectivity index (χ0n) is 14.0. The van der Waals surface area contributed by atoms with Crippen LogP contribution in [0.3, 0.4) is 0 Å². The minimum atomic E-state index is -0.237. The van der Waals surface area contributed by atoms with E-state index in [0.29, 0.717) is 32.0 Å². The van der Waals surface area contributed by atoms with Gasteiger partial charge in [-0.1, -0.05) is 43.2 Å². The van der Waals surface area contributed by atoms with E-state index in [0.717, 1.165) is 18.4 Å². The quantitative estimate of drug-likeness (QED) is 0.689. The average molecular weight is 317 g/mol. The highest BCUT2D eigenvalue weighted by molar-refractivity contribution is 5.77. The van der Waals surface area contributed by atoms with Crippen LogP contribution in [0.25, 0.3) is 0 Å². The average Bonchev–Trinajstić information content (AvgIpc) is 3.05. The predicted molar refractivity (Wildman–Crippen MR) is 89.7 cm³/mol. The van der Waals surface area contributed by atoms with Gasteiger partial charge >= 0.3 is 5.97 Å². The lowest BCUT2D eigenvalue weighted by atomic mass is 10.0. The van der Waals surface area contributed by atoms with Crippen LogP contribution in [-0.4, -0.2) is 29.9 Å². The normalized spacial score (nSPS) is 14.7. The minimum absolute atomic E-state index is 0.157. The Bertz CT molecular complexity index is 495. The lowest BCUT2D eigenvalue weighted by Gasteiger charge is -2.24. The topological polar surface area (TPSA) is 46.6 Å². The number of rotatable bonds is 8. The van der Waals surface area contributed by atoms with E-state index in [2.05, 4.69) is 0 Å². The van der Waals surface area contributed by atoms with Gasteiger partial charge in [0.05, 0.1) is 13.0 Å². The first kappa shape index (κ1) is 17.5. The molecule has 0 bridgehead atoms. The molecule has 126 valence electrons. The standard InChI is InChI=1S/C19H27NO3/c1-2-23-19(22)12-13-20(15-17-10-4-3-5-11-17)18(21)14-16-8-6-7-9-16/h3-5,10-11,16H,2,6-9,12-15H2,1H3. The first-order valence-electron chi connectivity index (χ1n) is 8.66. The fourth-order valence-corrected chi connectivity index (χ4v) is 3.15. The third kappa shape index (κ3) is 6.05. The molecule has 0 N–H and O–H groups in total. The Morgan fingerprint density at radius 1 is 1.17 bits per heavy atom. The largest absolute Gasteiger partial charge is 0.466 e. The van der Waals surface area contributed by atoms with Gasteiger partial charge in [-0.25, -0.2) is 0 Å². The van der Waals surface area contributed by atoms with Crippen molar-refractivity contribution >= 4 is 11.9 Å². The van der Waals surface area contributed by atoms with Crippen molar-refractivity contribution in [1.29, 1.82) is 0 Å². The summed E-state index contributed by atoms with van der Waals surface area (Å²) in [4.78, 5) is 26.1. The number of amides is 1. The summed E-state index contributed by atoms with van der Waals surface area (Å²) < 4.78 is 4.98. The van der Waals surface area contributed by atoms with Crippen LogP contribution in [0, 0.1) is 5.92 Å². The molecule has 0 spiro atoms. The summed E-state index contributed by atoms with van der Waals surface area (Å²) in [7, 11) is 0. The van der Waals surface area contributed by atoms with Crippen molar-refractivity contribution in [1.82, 2.24) is 4.90 Å². The van der Waals surface area contributed by atoms with Crippen LogP contribution in [0.2, 0.25) is 0 Å². The third-order valence-electron chi connectivity index (χ3n) is 4.40. The van der Waals surface area contributed by atoms with Crippen molar-refractivity contribution in [2.24, 2.45) is 5.92 Å². The molecule has 1 aromatic carbocycles. The molecule has 1 saturated carbocycles. The maximum atomic E-state index is 12.6. The third-order valence-corrected chi connectivity index (χ3v) is 4.40. The highest BCUT2D eigenvalue weighted by Gasteiger charge is 2.22. The number of carbonyl (C=O) groups is 2. The molecular weight excluding hydrogens is 290 g/mol. The van der Waals surface area contributed by atoms with Gasteiger partial charge in [0.2, 0.25) is 5.91 Å². The van der Waals surface area contributed by atoms with E-state index in [1.165, 1.54) is 12.8 Å². The first-order valence-corrected chi connectivity index (χ1v) is 8.66. The van der Waals surface area contributed by atoms with Gasteiger partial charge in [0.1, 0.15) is 0 Å². The van der Waals surface area contributed by atoms with Crippen LogP contribution in [0.4, 0.5) is 0 Å². The molecule has 0 aliphatic heterocycles. The van der Waals surface area contributed by atoms with Crippen LogP contribution in [0.15, 0.2) is 30.3 Å². The zero-order valence-corrected chi connectivity index (χ0v) is 14.0. The molecule has 1 amide bonds. The van der Waals surface area contributed by atoms with Crippen molar-refractivity contribution in [2.45, 2.75) is 52.0 Å². The molecular formula is C19H27NO3. The molecule has 0 radical (unpaired) electrons. The number of benzene rings is 1. The summed E-state index contributed by atoms with van der Waals surface area (Å²) in [5, 5.41) is 0. The summed E-state index contributed by atoms with van der Waals surface area (Å²) in [5.41, 5.74) is 1.09. The monoisotopic (exact) mass is 317 g/mol. The van der Waals surface area contributed by atoms with E-state index in [1.54, 1.807) is 6.92 Å². The number of hydrogen-bond donors (Lipinski definition) is 0. The van der Waals surface area contributed by atoms with Gasteiger partial charge in [0.25, 0.3) is 0 Å². The number of hydrogen-bond acceptors (Lipinski definition) is 3. The van der Waals surface area contributed by atoms with E-state index in [9.17, 15) is 9.59 Å². The molecule has 23 heavy (non-hydrogen) atoms.